The van der Waals surface area contributed by atoms with Crippen molar-refractivity contribution in [3.05, 3.63) is 29.3 Å². The summed E-state index contributed by atoms with van der Waals surface area (Å²) in [6, 6.07) is 5.93. The molecular formula is C25H33ClN2O6. The van der Waals surface area contributed by atoms with Crippen LogP contribution in [0.5, 0.6) is 0 Å². The predicted octanol–water partition coefficient (Wildman–Crippen LogP) is 3.16. The Morgan fingerprint density at radius 2 is 1.94 bits per heavy atom. The summed E-state index contributed by atoms with van der Waals surface area (Å²) in [5.41, 5.74) is -1.30. The summed E-state index contributed by atoms with van der Waals surface area (Å²) in [6.45, 7) is 4.34. The van der Waals surface area contributed by atoms with Gasteiger partial charge in [0, 0.05) is 23.9 Å². The van der Waals surface area contributed by atoms with E-state index in [1.807, 2.05) is 6.92 Å². The summed E-state index contributed by atoms with van der Waals surface area (Å²) < 4.78 is 12.0. The van der Waals surface area contributed by atoms with Crippen LogP contribution in [0.25, 0.3) is 0 Å². The highest BCUT2D eigenvalue weighted by atomic mass is 35.5. The van der Waals surface area contributed by atoms with Gasteiger partial charge in [0.2, 0.25) is 11.8 Å². The SMILES string of the molecule is CCOC(=O)[C@H]1[C@H]2C(=O)N(CCCCCO)C(C(=O)Nc3ccc(Cl)cc3)C23CC[C@]1(CC)O3. The topological polar surface area (TPSA) is 105 Å². The number of amides is 2. The zero-order chi connectivity index (χ0) is 24.5. The molecule has 0 aromatic heterocycles. The molecule has 2 bridgehead atoms. The first kappa shape index (κ1) is 24.9. The monoisotopic (exact) mass is 492 g/mol. The smallest absolute Gasteiger partial charge is 0.312 e. The van der Waals surface area contributed by atoms with Crippen LogP contribution in [0.3, 0.4) is 0 Å². The Hall–Kier alpha value is -2.16. The van der Waals surface area contributed by atoms with E-state index in [4.69, 9.17) is 26.2 Å². The van der Waals surface area contributed by atoms with Gasteiger partial charge in [-0.2, -0.15) is 0 Å². The van der Waals surface area contributed by atoms with Gasteiger partial charge in [-0.15, -0.1) is 0 Å². The van der Waals surface area contributed by atoms with Gasteiger partial charge in [0.05, 0.1) is 18.1 Å². The van der Waals surface area contributed by atoms with Crippen molar-refractivity contribution in [1.29, 1.82) is 0 Å². The molecule has 3 fully saturated rings. The molecule has 2 unspecified atom stereocenters. The molecule has 4 rings (SSSR count). The standard InChI is InChI=1S/C25H33ClN2O6/c1-3-24-12-13-25(34-24)18(19(24)23(32)33-4-2)22(31)28(14-6-5-7-15-29)20(25)21(30)27-17-10-8-16(26)9-11-17/h8-11,18-20,29H,3-7,12-15H2,1-2H3,(H,27,30)/t18-,19+,20?,24-,25?/m0/s1. The summed E-state index contributed by atoms with van der Waals surface area (Å²) >= 11 is 5.98. The second-order valence-corrected chi connectivity index (χ2v) is 9.83. The minimum atomic E-state index is -1.07. The summed E-state index contributed by atoms with van der Waals surface area (Å²) in [4.78, 5) is 42.2. The lowest BCUT2D eigenvalue weighted by Crippen LogP contribution is -2.53. The average molecular weight is 493 g/mol. The maximum absolute atomic E-state index is 13.8. The van der Waals surface area contributed by atoms with Crippen molar-refractivity contribution in [3.8, 4) is 0 Å². The van der Waals surface area contributed by atoms with Crippen LogP contribution >= 0.6 is 11.6 Å². The first-order valence-corrected chi connectivity index (χ1v) is 12.6. The quantitative estimate of drug-likeness (QED) is 0.384. The van der Waals surface area contributed by atoms with Crippen LogP contribution in [0.1, 0.15) is 52.4 Å². The van der Waals surface area contributed by atoms with Crippen molar-refractivity contribution in [2.75, 3.05) is 25.1 Å². The maximum atomic E-state index is 13.8. The fraction of sp³-hybridized carbons (Fsp3) is 0.640. The molecule has 2 amide bonds. The summed E-state index contributed by atoms with van der Waals surface area (Å²) in [5.74, 6) is -2.47. The number of esters is 1. The Bertz CT molecular complexity index is 940. The van der Waals surface area contributed by atoms with Crippen LogP contribution in [-0.2, 0) is 23.9 Å². The van der Waals surface area contributed by atoms with Crippen LogP contribution in [0.4, 0.5) is 5.69 Å². The minimum absolute atomic E-state index is 0.0774. The molecule has 1 aromatic rings. The molecule has 3 saturated heterocycles. The first-order valence-electron chi connectivity index (χ1n) is 12.2. The van der Waals surface area contributed by atoms with Gasteiger partial charge in [-0.1, -0.05) is 18.5 Å². The van der Waals surface area contributed by atoms with Crippen molar-refractivity contribution in [1.82, 2.24) is 4.90 Å². The number of carbonyl (C=O) groups excluding carboxylic acids is 3. The molecule has 1 aromatic carbocycles. The van der Waals surface area contributed by atoms with Gasteiger partial charge in [0.15, 0.2) is 0 Å². The lowest BCUT2D eigenvalue weighted by atomic mass is 9.65. The van der Waals surface area contributed by atoms with E-state index in [1.165, 1.54) is 0 Å². The number of halogens is 1. The molecule has 5 atom stereocenters. The largest absolute Gasteiger partial charge is 0.466 e. The number of unbranched alkanes of at least 4 members (excludes halogenated alkanes) is 2. The Morgan fingerprint density at radius 1 is 1.21 bits per heavy atom. The van der Waals surface area contributed by atoms with Gasteiger partial charge >= 0.3 is 5.97 Å². The number of aliphatic hydroxyl groups excluding tert-OH is 1. The number of carbonyl (C=O) groups is 3. The number of hydrogen-bond donors (Lipinski definition) is 2. The minimum Gasteiger partial charge on any atom is -0.466 e. The molecule has 0 aliphatic carbocycles. The van der Waals surface area contributed by atoms with Crippen molar-refractivity contribution in [2.45, 2.75) is 69.6 Å². The Labute approximate surface area is 204 Å². The van der Waals surface area contributed by atoms with Crippen LogP contribution in [0.2, 0.25) is 5.02 Å². The molecule has 3 aliphatic rings. The Kier molecular flexibility index (Phi) is 7.22. The molecular weight excluding hydrogens is 460 g/mol. The van der Waals surface area contributed by atoms with Crippen molar-refractivity contribution >= 4 is 35.1 Å². The van der Waals surface area contributed by atoms with Crippen molar-refractivity contribution in [2.24, 2.45) is 11.8 Å². The maximum Gasteiger partial charge on any atom is 0.312 e. The lowest BCUT2D eigenvalue weighted by Gasteiger charge is -2.33. The number of anilines is 1. The van der Waals surface area contributed by atoms with Crippen LogP contribution in [0.15, 0.2) is 24.3 Å². The number of nitrogens with zero attached hydrogens (tertiary/aromatic N) is 1. The number of nitrogens with one attached hydrogen (secondary N) is 1. The van der Waals surface area contributed by atoms with Crippen LogP contribution in [0, 0.1) is 11.8 Å². The number of hydrogen-bond acceptors (Lipinski definition) is 6. The number of rotatable bonds is 10. The van der Waals surface area contributed by atoms with Gasteiger partial charge in [-0.25, -0.2) is 0 Å². The Balaban J connectivity index is 1.69. The van der Waals surface area contributed by atoms with E-state index in [0.717, 1.165) is 6.42 Å². The summed E-state index contributed by atoms with van der Waals surface area (Å²) in [5, 5.41) is 12.6. The van der Waals surface area contributed by atoms with Gasteiger partial charge in [0.25, 0.3) is 0 Å². The second kappa shape index (κ2) is 9.84. The number of ether oxygens (including phenoxy) is 2. The van der Waals surface area contributed by atoms with Crippen LogP contribution in [-0.4, -0.2) is 64.8 Å². The third-order valence-corrected chi connectivity index (χ3v) is 7.89. The fourth-order valence-corrected chi connectivity index (χ4v) is 6.29. The molecule has 8 nitrogen and oxygen atoms in total. The van der Waals surface area contributed by atoms with Gasteiger partial charge < -0.3 is 24.8 Å². The highest BCUT2D eigenvalue weighted by molar-refractivity contribution is 6.30. The van der Waals surface area contributed by atoms with E-state index in [2.05, 4.69) is 5.32 Å². The molecule has 34 heavy (non-hydrogen) atoms. The summed E-state index contributed by atoms with van der Waals surface area (Å²) in [6.07, 6.45) is 3.68. The lowest BCUT2D eigenvalue weighted by molar-refractivity contribution is -0.160. The number of likely N-dealkylation sites (tertiary alicyclic amines) is 1. The first-order chi connectivity index (χ1) is 16.3. The highest BCUT2D eigenvalue weighted by Gasteiger charge is 2.78. The third kappa shape index (κ3) is 3.99. The third-order valence-electron chi connectivity index (χ3n) is 7.64. The van der Waals surface area contributed by atoms with Gasteiger partial charge in [-0.3, -0.25) is 14.4 Å². The molecule has 0 saturated carbocycles. The van der Waals surface area contributed by atoms with E-state index in [9.17, 15) is 14.4 Å². The number of benzene rings is 1. The van der Waals surface area contributed by atoms with E-state index >= 15 is 0 Å². The molecule has 2 N–H and O–H groups in total. The van der Waals surface area contributed by atoms with E-state index < -0.39 is 35.0 Å². The highest BCUT2D eigenvalue weighted by Crippen LogP contribution is 2.64. The van der Waals surface area contributed by atoms with E-state index in [0.29, 0.717) is 49.4 Å². The molecule has 3 aliphatic heterocycles. The second-order valence-electron chi connectivity index (χ2n) is 9.40. The molecule has 1 spiro atoms. The van der Waals surface area contributed by atoms with Gasteiger partial charge in [-0.05, 0) is 69.7 Å². The zero-order valence-corrected chi connectivity index (χ0v) is 20.5. The summed E-state index contributed by atoms with van der Waals surface area (Å²) in [7, 11) is 0. The number of aliphatic hydroxyl groups is 1. The molecule has 3 heterocycles. The van der Waals surface area contributed by atoms with Gasteiger partial charge in [0.1, 0.15) is 17.6 Å². The molecule has 186 valence electrons. The van der Waals surface area contributed by atoms with Crippen molar-refractivity contribution in [3.63, 3.8) is 0 Å². The van der Waals surface area contributed by atoms with Crippen molar-refractivity contribution < 1.29 is 29.0 Å². The predicted molar refractivity (Wildman–Crippen MR) is 126 cm³/mol. The molecule has 9 heteroatoms. The van der Waals surface area contributed by atoms with E-state index in [-0.39, 0.29) is 25.0 Å². The average Bonchev–Trinajstić information content (AvgIpc) is 3.42. The molecule has 0 radical (unpaired) electrons. The zero-order valence-electron chi connectivity index (χ0n) is 19.7. The normalized spacial score (nSPS) is 31.6. The fourth-order valence-electron chi connectivity index (χ4n) is 6.16. The Morgan fingerprint density at radius 3 is 2.59 bits per heavy atom. The number of fused-ring (bicyclic) bond motifs is 1. The van der Waals surface area contributed by atoms with E-state index in [1.54, 1.807) is 36.1 Å². The van der Waals surface area contributed by atoms with Crippen LogP contribution < -0.4 is 5.32 Å².